The number of halogens is 1. The van der Waals surface area contributed by atoms with Gasteiger partial charge >= 0.3 is 0 Å². The summed E-state index contributed by atoms with van der Waals surface area (Å²) < 4.78 is 26.6. The van der Waals surface area contributed by atoms with Crippen molar-refractivity contribution in [3.63, 3.8) is 0 Å². The van der Waals surface area contributed by atoms with Crippen LogP contribution in [0.15, 0.2) is 4.99 Å². The highest BCUT2D eigenvalue weighted by Crippen LogP contribution is 2.25. The third-order valence-corrected chi connectivity index (χ3v) is 6.60. The molecule has 0 aromatic carbocycles. The molecule has 1 aliphatic rings. The maximum Gasteiger partial charge on any atom is 0.213 e. The predicted molar refractivity (Wildman–Crippen MR) is 114 cm³/mol. The second-order valence-electron chi connectivity index (χ2n) is 6.07. The number of hydrogen-bond acceptors (Lipinski definition) is 5. The highest BCUT2D eigenvalue weighted by Gasteiger charge is 2.20. The Kier molecular flexibility index (Phi) is 9.60. The Hall–Kier alpha value is -0.460. The maximum atomic E-state index is 11.9. The maximum absolute atomic E-state index is 11.9. The van der Waals surface area contributed by atoms with Gasteiger partial charge in [0.1, 0.15) is 5.01 Å². The summed E-state index contributed by atoms with van der Waals surface area (Å²) in [7, 11) is -1.57. The van der Waals surface area contributed by atoms with E-state index >= 15 is 0 Å². The van der Waals surface area contributed by atoms with Gasteiger partial charge in [-0.3, -0.25) is 4.99 Å². The summed E-state index contributed by atoms with van der Waals surface area (Å²) in [6, 6.07) is 0. The molecule has 1 fully saturated rings. The molecule has 1 aromatic rings. The summed E-state index contributed by atoms with van der Waals surface area (Å²) in [5.74, 6) is 1.14. The Morgan fingerprint density at radius 3 is 2.56 bits per heavy atom. The summed E-state index contributed by atoms with van der Waals surface area (Å²) in [4.78, 5) is 9.77. The fraction of sp³-hybridized carbons (Fsp3) is 0.733. The smallest absolute Gasteiger partial charge is 0.213 e. The van der Waals surface area contributed by atoms with Gasteiger partial charge in [-0.25, -0.2) is 18.1 Å². The molecule has 0 saturated heterocycles. The van der Waals surface area contributed by atoms with Crippen molar-refractivity contribution < 1.29 is 8.42 Å². The summed E-state index contributed by atoms with van der Waals surface area (Å²) in [5, 5.41) is 7.17. The lowest BCUT2D eigenvalue weighted by Gasteiger charge is -2.25. The fourth-order valence-corrected chi connectivity index (χ4v) is 4.19. The van der Waals surface area contributed by atoms with Crippen molar-refractivity contribution in [3.8, 4) is 0 Å². The second kappa shape index (κ2) is 10.6. The van der Waals surface area contributed by atoms with Gasteiger partial charge in [0.15, 0.2) is 5.96 Å². The molecule has 10 heteroatoms. The zero-order chi connectivity index (χ0) is 17.6. The average molecular weight is 501 g/mol. The number of sulfonamides is 1. The van der Waals surface area contributed by atoms with Crippen LogP contribution in [0.4, 0.5) is 0 Å². The quantitative estimate of drug-likeness (QED) is 0.287. The van der Waals surface area contributed by atoms with Crippen LogP contribution >= 0.6 is 35.3 Å². The molecule has 1 aliphatic carbocycles. The van der Waals surface area contributed by atoms with Gasteiger partial charge in [0, 0.05) is 25.0 Å². The lowest BCUT2D eigenvalue weighted by molar-refractivity contribution is 0.316. The minimum absolute atomic E-state index is 0. The van der Waals surface area contributed by atoms with Crippen molar-refractivity contribution >= 4 is 51.3 Å². The Labute approximate surface area is 171 Å². The van der Waals surface area contributed by atoms with Gasteiger partial charge in [0.05, 0.1) is 18.0 Å². The van der Waals surface area contributed by atoms with Crippen LogP contribution in [0.25, 0.3) is 0 Å². The van der Waals surface area contributed by atoms with Crippen molar-refractivity contribution in [1.82, 2.24) is 20.3 Å². The number of hydrogen-bond donors (Lipinski definition) is 3. The highest BCUT2D eigenvalue weighted by molar-refractivity contribution is 14.0. The molecule has 0 spiro atoms. The molecule has 0 aliphatic heterocycles. The van der Waals surface area contributed by atoms with Gasteiger partial charge in [-0.05, 0) is 32.6 Å². The molecule has 1 heterocycles. The molecular weight excluding hydrogens is 473 g/mol. The number of aryl methyl sites for hydroxylation is 2. The van der Waals surface area contributed by atoms with Crippen LogP contribution in [-0.4, -0.2) is 45.3 Å². The van der Waals surface area contributed by atoms with E-state index in [1.54, 1.807) is 18.4 Å². The third kappa shape index (κ3) is 7.75. The van der Waals surface area contributed by atoms with Crippen molar-refractivity contribution in [2.45, 2.75) is 39.7 Å². The zero-order valence-electron chi connectivity index (χ0n) is 15.0. The molecule has 0 atom stereocenters. The number of thiazole rings is 1. The van der Waals surface area contributed by atoms with E-state index in [2.05, 4.69) is 25.3 Å². The lowest BCUT2D eigenvalue weighted by atomic mass is 9.86. The number of aromatic nitrogens is 1. The van der Waals surface area contributed by atoms with Gasteiger partial charge in [0.25, 0.3) is 0 Å². The molecule has 25 heavy (non-hydrogen) atoms. The summed E-state index contributed by atoms with van der Waals surface area (Å²) >= 11 is 1.65. The van der Waals surface area contributed by atoms with E-state index in [0.29, 0.717) is 31.5 Å². The number of nitrogens with one attached hydrogen (secondary N) is 3. The zero-order valence-corrected chi connectivity index (χ0v) is 18.9. The predicted octanol–water partition coefficient (Wildman–Crippen LogP) is 1.76. The first-order valence-corrected chi connectivity index (χ1v) is 10.7. The van der Waals surface area contributed by atoms with Crippen LogP contribution < -0.4 is 15.4 Å². The van der Waals surface area contributed by atoms with E-state index in [0.717, 1.165) is 23.5 Å². The molecule has 0 radical (unpaired) electrons. The van der Waals surface area contributed by atoms with Gasteiger partial charge in [-0.15, -0.1) is 35.3 Å². The van der Waals surface area contributed by atoms with E-state index in [-0.39, 0.29) is 29.7 Å². The highest BCUT2D eigenvalue weighted by atomic mass is 127. The first-order valence-electron chi connectivity index (χ1n) is 8.24. The van der Waals surface area contributed by atoms with Crippen LogP contribution in [0, 0.1) is 19.8 Å². The van der Waals surface area contributed by atoms with Gasteiger partial charge < -0.3 is 10.6 Å². The van der Waals surface area contributed by atoms with Crippen molar-refractivity contribution in [1.29, 1.82) is 0 Å². The summed E-state index contributed by atoms with van der Waals surface area (Å²) in [6.45, 7) is 5.49. The first kappa shape index (κ1) is 22.6. The molecule has 7 nitrogen and oxygen atoms in total. The van der Waals surface area contributed by atoms with Crippen molar-refractivity contribution in [3.05, 3.63) is 15.6 Å². The minimum Gasteiger partial charge on any atom is -0.355 e. The van der Waals surface area contributed by atoms with E-state index < -0.39 is 10.0 Å². The molecule has 2 rings (SSSR count). The fourth-order valence-electron chi connectivity index (χ4n) is 2.31. The van der Waals surface area contributed by atoms with E-state index in [4.69, 9.17) is 0 Å². The molecule has 144 valence electrons. The molecule has 0 amide bonds. The molecular formula is C15H28IN5O2S2. The minimum atomic E-state index is -3.23. The van der Waals surface area contributed by atoms with Gasteiger partial charge in [-0.2, -0.15) is 0 Å². The van der Waals surface area contributed by atoms with Gasteiger partial charge in [0.2, 0.25) is 10.0 Å². The number of guanidine groups is 1. The second-order valence-corrected chi connectivity index (χ2v) is 9.28. The molecule has 0 unspecified atom stereocenters. The standard InChI is InChI=1S/C15H27N5O2S2.HI/c1-11-12(2)23-14(20-11)10-18-15(16-3)17-7-8-24(21,22)19-9-13-5-4-6-13;/h13,19H,4-10H2,1-3H3,(H2,16,17,18);1H. The van der Waals surface area contributed by atoms with Gasteiger partial charge in [-0.1, -0.05) is 6.42 Å². The number of nitrogens with zero attached hydrogens (tertiary/aromatic N) is 2. The van der Waals surface area contributed by atoms with E-state index in [1.807, 2.05) is 13.8 Å². The number of rotatable bonds is 8. The van der Waals surface area contributed by atoms with Crippen LogP contribution in [0.5, 0.6) is 0 Å². The van der Waals surface area contributed by atoms with Crippen molar-refractivity contribution in [2.24, 2.45) is 10.9 Å². The molecule has 1 saturated carbocycles. The van der Waals surface area contributed by atoms with E-state index in [1.165, 1.54) is 11.3 Å². The Bertz CT molecular complexity index is 652. The lowest BCUT2D eigenvalue weighted by Crippen LogP contribution is -2.41. The van der Waals surface area contributed by atoms with E-state index in [9.17, 15) is 8.42 Å². The Morgan fingerprint density at radius 1 is 1.32 bits per heavy atom. The average Bonchev–Trinajstić information content (AvgIpc) is 2.79. The molecule has 3 N–H and O–H groups in total. The Balaban J connectivity index is 0.00000312. The van der Waals surface area contributed by atoms with Crippen LogP contribution in [0.1, 0.15) is 34.8 Å². The molecule has 1 aromatic heterocycles. The summed E-state index contributed by atoms with van der Waals surface area (Å²) in [5.41, 5.74) is 1.04. The number of aliphatic imine (C=N–C) groups is 1. The monoisotopic (exact) mass is 501 g/mol. The third-order valence-electron chi connectivity index (χ3n) is 4.18. The topological polar surface area (TPSA) is 95.5 Å². The SMILES string of the molecule is CN=C(NCCS(=O)(=O)NCC1CCC1)NCc1nc(C)c(C)s1.I. The Morgan fingerprint density at radius 2 is 2.04 bits per heavy atom. The van der Waals surface area contributed by atoms with Crippen LogP contribution in [0.3, 0.4) is 0 Å². The molecule has 0 bridgehead atoms. The summed E-state index contributed by atoms with van der Waals surface area (Å²) in [6.07, 6.45) is 3.48. The van der Waals surface area contributed by atoms with Crippen LogP contribution in [-0.2, 0) is 16.6 Å². The largest absolute Gasteiger partial charge is 0.355 e. The normalized spacial score (nSPS) is 15.4. The van der Waals surface area contributed by atoms with Crippen molar-refractivity contribution in [2.75, 3.05) is 25.9 Å². The van der Waals surface area contributed by atoms with Crippen LogP contribution in [0.2, 0.25) is 0 Å². The first-order chi connectivity index (χ1) is 11.4.